The topological polar surface area (TPSA) is 57.2 Å². The molecule has 0 aromatic heterocycles. The number of aliphatic hydroxyl groups excluding tert-OH is 1. The van der Waals surface area contributed by atoms with Crippen LogP contribution >= 0.6 is 0 Å². The van der Waals surface area contributed by atoms with Crippen LogP contribution in [0.2, 0.25) is 0 Å². The van der Waals surface area contributed by atoms with Gasteiger partial charge in [-0.3, -0.25) is 0 Å². The second kappa shape index (κ2) is 5.78. The van der Waals surface area contributed by atoms with Crippen molar-refractivity contribution in [2.24, 2.45) is 23.2 Å². The maximum Gasteiger partial charge on any atom is 0.171 e. The Morgan fingerprint density at radius 1 is 1.17 bits per heavy atom. The van der Waals surface area contributed by atoms with Crippen molar-refractivity contribution in [1.82, 2.24) is 0 Å². The summed E-state index contributed by atoms with van der Waals surface area (Å²) in [6, 6.07) is 0. The lowest BCUT2D eigenvalue weighted by molar-refractivity contribution is -0.276. The van der Waals surface area contributed by atoms with Crippen molar-refractivity contribution in [2.45, 2.75) is 57.7 Å². The van der Waals surface area contributed by atoms with Gasteiger partial charge < -0.3 is 24.1 Å². The van der Waals surface area contributed by atoms with Crippen molar-refractivity contribution in [3.8, 4) is 0 Å². The molecule has 24 heavy (non-hydrogen) atoms. The molecule has 3 saturated heterocycles. The first-order valence-corrected chi connectivity index (χ1v) is 9.31. The Kier molecular flexibility index (Phi) is 4.09. The molecule has 4 fully saturated rings. The average molecular weight is 338 g/mol. The maximum absolute atomic E-state index is 9.37. The summed E-state index contributed by atoms with van der Waals surface area (Å²) in [5.74, 6) is 0.167. The minimum absolute atomic E-state index is 0.0501. The first-order valence-electron chi connectivity index (χ1n) is 9.31. The van der Waals surface area contributed by atoms with Gasteiger partial charge in [-0.15, -0.1) is 0 Å². The van der Waals surface area contributed by atoms with Gasteiger partial charge in [0.2, 0.25) is 0 Å². The predicted octanol–water partition coefficient (Wildman–Crippen LogP) is 2.48. The van der Waals surface area contributed by atoms with Crippen LogP contribution in [0.5, 0.6) is 0 Å². The quantitative estimate of drug-likeness (QED) is 0.784. The van der Waals surface area contributed by atoms with Crippen LogP contribution in [0.4, 0.5) is 0 Å². The van der Waals surface area contributed by atoms with Crippen molar-refractivity contribution >= 4 is 0 Å². The molecule has 4 rings (SSSR count). The minimum atomic E-state index is -0.534. The van der Waals surface area contributed by atoms with E-state index in [-0.39, 0.29) is 35.7 Å². The number of rotatable bonds is 2. The van der Waals surface area contributed by atoms with Gasteiger partial charge >= 0.3 is 0 Å². The molecule has 5 nitrogen and oxygen atoms in total. The van der Waals surface area contributed by atoms with E-state index in [0.717, 1.165) is 25.9 Å². The third-order valence-corrected chi connectivity index (χ3v) is 6.93. The number of aliphatic hydroxyl groups is 1. The Balaban J connectivity index is 1.81. The summed E-state index contributed by atoms with van der Waals surface area (Å²) in [5, 5.41) is 9.37. The predicted molar refractivity (Wildman–Crippen MR) is 88.2 cm³/mol. The minimum Gasteiger partial charge on any atom is -0.392 e. The zero-order valence-electron chi connectivity index (χ0n) is 15.0. The third kappa shape index (κ3) is 2.18. The van der Waals surface area contributed by atoms with Crippen molar-refractivity contribution in [2.75, 3.05) is 26.4 Å². The Morgan fingerprint density at radius 3 is 2.62 bits per heavy atom. The van der Waals surface area contributed by atoms with Gasteiger partial charge in [-0.25, -0.2) is 0 Å². The molecule has 0 aromatic rings. The van der Waals surface area contributed by atoms with E-state index < -0.39 is 5.79 Å². The molecular weight excluding hydrogens is 308 g/mol. The summed E-state index contributed by atoms with van der Waals surface area (Å²) < 4.78 is 24.9. The first kappa shape index (κ1) is 17.0. The highest BCUT2D eigenvalue weighted by atomic mass is 16.7. The second-order valence-electron chi connectivity index (χ2n) is 8.33. The molecule has 4 aliphatic rings. The SMILES string of the molecule is C[C@@H]1[C@H](/C=C/CO)[C@]23CCCO[C@H]2OC(C)(C)[C@@H]3CC12OCCO2. The van der Waals surface area contributed by atoms with Crippen LogP contribution < -0.4 is 0 Å². The Morgan fingerprint density at radius 2 is 1.92 bits per heavy atom. The molecule has 0 bridgehead atoms. The van der Waals surface area contributed by atoms with Gasteiger partial charge in [-0.2, -0.15) is 0 Å². The van der Waals surface area contributed by atoms with Crippen molar-refractivity contribution in [3.05, 3.63) is 12.2 Å². The molecular formula is C19H30O5. The third-order valence-electron chi connectivity index (χ3n) is 6.93. The zero-order chi connectivity index (χ0) is 17.0. The number of allylic oxidation sites excluding steroid dienone is 1. The fourth-order valence-electron chi connectivity index (χ4n) is 5.94. The molecule has 3 aliphatic heterocycles. The Bertz CT molecular complexity index is 510. The van der Waals surface area contributed by atoms with Gasteiger partial charge in [-0.05, 0) is 32.6 Å². The highest BCUT2D eigenvalue weighted by molar-refractivity contribution is 5.18. The van der Waals surface area contributed by atoms with Crippen molar-refractivity contribution in [1.29, 1.82) is 0 Å². The summed E-state index contributed by atoms with van der Waals surface area (Å²) in [4.78, 5) is 0. The lowest BCUT2D eigenvalue weighted by Gasteiger charge is -2.57. The number of hydrogen-bond donors (Lipinski definition) is 1. The van der Waals surface area contributed by atoms with Crippen LogP contribution in [0.3, 0.4) is 0 Å². The molecule has 2 spiro atoms. The second-order valence-corrected chi connectivity index (χ2v) is 8.33. The summed E-state index contributed by atoms with van der Waals surface area (Å²) >= 11 is 0. The summed E-state index contributed by atoms with van der Waals surface area (Å²) in [6.45, 7) is 8.69. The zero-order valence-corrected chi connectivity index (χ0v) is 15.0. The molecule has 1 saturated carbocycles. The van der Waals surface area contributed by atoms with E-state index >= 15 is 0 Å². The van der Waals surface area contributed by atoms with Gasteiger partial charge in [0.25, 0.3) is 0 Å². The van der Waals surface area contributed by atoms with E-state index in [4.69, 9.17) is 18.9 Å². The van der Waals surface area contributed by atoms with E-state index in [0.29, 0.717) is 19.1 Å². The molecule has 0 amide bonds. The summed E-state index contributed by atoms with van der Waals surface area (Å²) in [6.07, 6.45) is 6.84. The average Bonchev–Trinajstić information content (AvgIpc) is 3.10. The summed E-state index contributed by atoms with van der Waals surface area (Å²) in [5.41, 5.74) is -0.337. The number of ether oxygens (including phenoxy) is 4. The van der Waals surface area contributed by atoms with Gasteiger partial charge in [-0.1, -0.05) is 19.1 Å². The van der Waals surface area contributed by atoms with Gasteiger partial charge in [0.15, 0.2) is 12.1 Å². The standard InChI is InChI=1S/C19H30O5/c1-13-14(6-4-8-20)18-7-5-9-21-16(18)24-17(2,3)15(18)12-19(13)22-10-11-23-19/h4,6,13-16,20H,5,7-12H2,1-3H3/b6-4+/t13-,14+,15+,16+,18+/m1/s1. The number of hydrogen-bond acceptors (Lipinski definition) is 5. The van der Waals surface area contributed by atoms with Gasteiger partial charge in [0.05, 0.1) is 25.4 Å². The first-order chi connectivity index (χ1) is 11.5. The lowest BCUT2D eigenvalue weighted by atomic mass is 9.50. The Labute approximate surface area is 144 Å². The molecule has 1 aliphatic carbocycles. The van der Waals surface area contributed by atoms with Gasteiger partial charge in [0.1, 0.15) is 0 Å². The van der Waals surface area contributed by atoms with Crippen LogP contribution in [-0.2, 0) is 18.9 Å². The van der Waals surface area contributed by atoms with Gasteiger partial charge in [0, 0.05) is 30.3 Å². The molecule has 1 N–H and O–H groups in total. The fraction of sp³-hybridized carbons (Fsp3) is 0.895. The molecule has 5 heteroatoms. The monoisotopic (exact) mass is 338 g/mol. The lowest BCUT2D eigenvalue weighted by Crippen LogP contribution is -2.61. The summed E-state index contributed by atoms with van der Waals surface area (Å²) in [7, 11) is 0. The molecule has 3 heterocycles. The van der Waals surface area contributed by atoms with Crippen LogP contribution in [0.25, 0.3) is 0 Å². The van der Waals surface area contributed by atoms with E-state index in [1.165, 1.54) is 0 Å². The van der Waals surface area contributed by atoms with E-state index in [1.54, 1.807) is 0 Å². The molecule has 5 atom stereocenters. The smallest absolute Gasteiger partial charge is 0.171 e. The van der Waals surface area contributed by atoms with Crippen molar-refractivity contribution in [3.63, 3.8) is 0 Å². The van der Waals surface area contributed by atoms with Crippen LogP contribution in [0.15, 0.2) is 12.2 Å². The van der Waals surface area contributed by atoms with E-state index in [1.807, 2.05) is 6.08 Å². The molecule has 136 valence electrons. The van der Waals surface area contributed by atoms with Crippen LogP contribution in [0, 0.1) is 23.2 Å². The van der Waals surface area contributed by atoms with Crippen LogP contribution in [-0.4, -0.2) is 49.2 Å². The molecule has 0 unspecified atom stereocenters. The van der Waals surface area contributed by atoms with Crippen LogP contribution in [0.1, 0.15) is 40.0 Å². The maximum atomic E-state index is 9.37. The van der Waals surface area contributed by atoms with E-state index in [9.17, 15) is 5.11 Å². The largest absolute Gasteiger partial charge is 0.392 e. The highest BCUT2D eigenvalue weighted by Gasteiger charge is 2.71. The Hall–Kier alpha value is -0.460. The normalized spacial score (nSPS) is 46.3. The van der Waals surface area contributed by atoms with E-state index in [2.05, 4.69) is 26.8 Å². The fourth-order valence-corrected chi connectivity index (χ4v) is 5.94. The van der Waals surface area contributed by atoms with Crippen molar-refractivity contribution < 1.29 is 24.1 Å². The molecule has 0 aromatic carbocycles. The highest BCUT2D eigenvalue weighted by Crippen LogP contribution is 2.67. The molecule has 0 radical (unpaired) electrons.